The topological polar surface area (TPSA) is 52.3 Å². The summed E-state index contributed by atoms with van der Waals surface area (Å²) in [7, 11) is 0. The number of aryl methyl sites for hydroxylation is 1. The number of hydrogen-bond acceptors (Lipinski definition) is 5. The third kappa shape index (κ3) is 7.13. The Kier molecular flexibility index (Phi) is 10.4. The summed E-state index contributed by atoms with van der Waals surface area (Å²) >= 11 is 7.93. The maximum Gasteiger partial charge on any atom is 0.211 e. The fraction of sp³-hybridized carbons (Fsp3) is 0.571. The van der Waals surface area contributed by atoms with Gasteiger partial charge in [-0.05, 0) is 30.9 Å². The van der Waals surface area contributed by atoms with E-state index >= 15 is 0 Å². The third-order valence-corrected chi connectivity index (χ3v) is 5.42. The fourth-order valence-corrected chi connectivity index (χ4v) is 3.50. The van der Waals surface area contributed by atoms with Gasteiger partial charge in [-0.3, -0.25) is 0 Å². The van der Waals surface area contributed by atoms with Gasteiger partial charge in [0.15, 0.2) is 5.82 Å². The number of thioether (sulfide) groups is 1. The zero-order valence-electron chi connectivity index (χ0n) is 17.2. The molecule has 7 heteroatoms. The minimum Gasteiger partial charge on any atom is -0.494 e. The molecule has 0 aliphatic carbocycles. The summed E-state index contributed by atoms with van der Waals surface area (Å²) < 4.78 is 7.59. The highest BCUT2D eigenvalue weighted by Crippen LogP contribution is 2.22. The van der Waals surface area contributed by atoms with Gasteiger partial charge < -0.3 is 4.74 Å². The molecule has 1 aromatic carbocycles. The Morgan fingerprint density at radius 2 is 1.86 bits per heavy atom. The molecule has 0 N–H and O–H groups in total. The van der Waals surface area contributed by atoms with Gasteiger partial charge >= 0.3 is 0 Å². The summed E-state index contributed by atoms with van der Waals surface area (Å²) in [5.74, 6) is 1.63. The highest BCUT2D eigenvalue weighted by atomic mass is 35.5. The first-order valence-electron chi connectivity index (χ1n) is 10.1. The second-order valence-electron chi connectivity index (χ2n) is 6.67. The molecule has 154 valence electrons. The zero-order chi connectivity index (χ0) is 20.2. The quantitative estimate of drug-likeness (QED) is 0.218. The molecule has 0 fully saturated rings. The molecular formula is C21H31ClN4OS. The number of nitrogens with zero attached hydrogens (tertiary/aromatic N) is 4. The van der Waals surface area contributed by atoms with E-state index in [-0.39, 0.29) is 0 Å². The van der Waals surface area contributed by atoms with Gasteiger partial charge in [0, 0.05) is 12.0 Å². The molecule has 28 heavy (non-hydrogen) atoms. The summed E-state index contributed by atoms with van der Waals surface area (Å²) in [6, 6.07) is 5.73. The van der Waals surface area contributed by atoms with Crippen molar-refractivity contribution in [2.45, 2.75) is 70.4 Å². The van der Waals surface area contributed by atoms with Gasteiger partial charge in [-0.1, -0.05) is 75.7 Å². The largest absolute Gasteiger partial charge is 0.494 e. The SMILES string of the molecule is CCCCCCCCCOc1ccc(/C=N\n2c(CC)nnc2SC)c(Cl)c1. The van der Waals surface area contributed by atoms with Gasteiger partial charge in [0.25, 0.3) is 0 Å². The van der Waals surface area contributed by atoms with Gasteiger partial charge in [-0.2, -0.15) is 9.78 Å². The van der Waals surface area contributed by atoms with Crippen LogP contribution < -0.4 is 4.74 Å². The van der Waals surface area contributed by atoms with Crippen LogP contribution in [0.2, 0.25) is 5.02 Å². The first kappa shape index (κ1) is 22.8. The van der Waals surface area contributed by atoms with Crippen molar-refractivity contribution in [3.05, 3.63) is 34.6 Å². The molecule has 0 aliphatic heterocycles. The maximum absolute atomic E-state index is 6.41. The van der Waals surface area contributed by atoms with Gasteiger partial charge in [-0.25, -0.2) is 0 Å². The van der Waals surface area contributed by atoms with Crippen LogP contribution in [0.15, 0.2) is 28.5 Å². The molecule has 0 amide bonds. The second-order valence-corrected chi connectivity index (χ2v) is 7.85. The number of rotatable bonds is 13. The average Bonchev–Trinajstić information content (AvgIpc) is 3.11. The number of aromatic nitrogens is 3. The molecule has 0 radical (unpaired) electrons. The number of ether oxygens (including phenoxy) is 1. The lowest BCUT2D eigenvalue weighted by Gasteiger charge is -2.08. The fourth-order valence-electron chi connectivity index (χ4n) is 2.83. The molecule has 5 nitrogen and oxygen atoms in total. The van der Waals surface area contributed by atoms with E-state index < -0.39 is 0 Å². The molecule has 0 aliphatic rings. The van der Waals surface area contributed by atoms with E-state index in [4.69, 9.17) is 16.3 Å². The Balaban J connectivity index is 1.84. The van der Waals surface area contributed by atoms with E-state index in [2.05, 4.69) is 22.2 Å². The zero-order valence-corrected chi connectivity index (χ0v) is 18.7. The highest BCUT2D eigenvalue weighted by Gasteiger charge is 2.08. The van der Waals surface area contributed by atoms with Crippen molar-refractivity contribution < 1.29 is 4.74 Å². The molecule has 1 aromatic heterocycles. The summed E-state index contributed by atoms with van der Waals surface area (Å²) in [4.78, 5) is 0. The first-order chi connectivity index (χ1) is 13.7. The highest BCUT2D eigenvalue weighted by molar-refractivity contribution is 7.98. The molecule has 0 saturated heterocycles. The minimum absolute atomic E-state index is 0.623. The Hall–Kier alpha value is -1.53. The summed E-state index contributed by atoms with van der Waals surface area (Å²) in [5, 5.41) is 14.2. The third-order valence-electron chi connectivity index (χ3n) is 4.48. The van der Waals surface area contributed by atoms with E-state index in [0.29, 0.717) is 5.02 Å². The monoisotopic (exact) mass is 422 g/mol. The molecule has 0 bridgehead atoms. The van der Waals surface area contributed by atoms with Crippen molar-refractivity contribution in [1.29, 1.82) is 0 Å². The van der Waals surface area contributed by atoms with Crippen molar-refractivity contribution >= 4 is 29.6 Å². The normalized spacial score (nSPS) is 11.4. The van der Waals surface area contributed by atoms with E-state index in [1.165, 1.54) is 50.3 Å². The molecule has 0 saturated carbocycles. The lowest BCUT2D eigenvalue weighted by molar-refractivity contribution is 0.304. The average molecular weight is 423 g/mol. The van der Waals surface area contributed by atoms with E-state index in [9.17, 15) is 0 Å². The van der Waals surface area contributed by atoms with Gasteiger partial charge in [-0.15, -0.1) is 10.2 Å². The van der Waals surface area contributed by atoms with E-state index in [0.717, 1.165) is 41.7 Å². The number of unbranched alkanes of at least 4 members (excludes halogenated alkanes) is 6. The van der Waals surface area contributed by atoms with Crippen molar-refractivity contribution in [3.63, 3.8) is 0 Å². The molecule has 0 atom stereocenters. The van der Waals surface area contributed by atoms with Crippen LogP contribution in [0.5, 0.6) is 5.75 Å². The summed E-state index contributed by atoms with van der Waals surface area (Å²) in [5.41, 5.74) is 0.841. The summed E-state index contributed by atoms with van der Waals surface area (Å²) in [6.07, 6.45) is 13.4. The Labute approximate surface area is 177 Å². The Bertz CT molecular complexity index is 727. The van der Waals surface area contributed by atoms with Gasteiger partial charge in [0.1, 0.15) is 5.75 Å². The predicted octanol–water partition coefficient (Wildman–Crippen LogP) is 6.23. The van der Waals surface area contributed by atoms with Crippen LogP contribution in [0, 0.1) is 0 Å². The van der Waals surface area contributed by atoms with Crippen LogP contribution in [-0.2, 0) is 6.42 Å². The van der Waals surface area contributed by atoms with Crippen LogP contribution >= 0.6 is 23.4 Å². The molecule has 0 spiro atoms. The Morgan fingerprint density at radius 1 is 1.11 bits per heavy atom. The van der Waals surface area contributed by atoms with Crippen molar-refractivity contribution in [2.24, 2.45) is 5.10 Å². The van der Waals surface area contributed by atoms with Gasteiger partial charge in [0.05, 0.1) is 17.8 Å². The number of benzene rings is 1. The van der Waals surface area contributed by atoms with Crippen molar-refractivity contribution in [1.82, 2.24) is 14.9 Å². The van der Waals surface area contributed by atoms with Crippen LogP contribution in [0.4, 0.5) is 0 Å². The van der Waals surface area contributed by atoms with Crippen LogP contribution in [-0.4, -0.2) is 34.0 Å². The van der Waals surface area contributed by atoms with Crippen molar-refractivity contribution in [2.75, 3.05) is 12.9 Å². The lowest BCUT2D eigenvalue weighted by atomic mass is 10.1. The molecule has 2 aromatic rings. The van der Waals surface area contributed by atoms with Gasteiger partial charge in [0.2, 0.25) is 5.16 Å². The Morgan fingerprint density at radius 3 is 2.54 bits per heavy atom. The van der Waals surface area contributed by atoms with Crippen LogP contribution in [0.3, 0.4) is 0 Å². The molecular weight excluding hydrogens is 392 g/mol. The smallest absolute Gasteiger partial charge is 0.211 e. The predicted molar refractivity (Wildman–Crippen MR) is 119 cm³/mol. The van der Waals surface area contributed by atoms with Crippen LogP contribution in [0.1, 0.15) is 70.2 Å². The molecule has 0 unspecified atom stereocenters. The standard InChI is InChI=1S/C21H31ClN4OS/c1-4-6-7-8-9-10-11-14-27-18-13-12-17(19(22)15-18)16-23-26-20(5-2)24-25-21(26)28-3/h12-13,15-16H,4-11,14H2,1-3H3/b23-16-. The minimum atomic E-state index is 0.623. The second kappa shape index (κ2) is 12.8. The van der Waals surface area contributed by atoms with E-state index in [1.54, 1.807) is 10.9 Å². The molecule has 1 heterocycles. The van der Waals surface area contributed by atoms with Crippen molar-refractivity contribution in [3.8, 4) is 5.75 Å². The lowest BCUT2D eigenvalue weighted by Crippen LogP contribution is -2.00. The van der Waals surface area contributed by atoms with Crippen LogP contribution in [0.25, 0.3) is 0 Å². The first-order valence-corrected chi connectivity index (χ1v) is 11.7. The maximum atomic E-state index is 6.41. The number of hydrogen-bond donors (Lipinski definition) is 0. The summed E-state index contributed by atoms with van der Waals surface area (Å²) in [6.45, 7) is 5.01. The van der Waals surface area contributed by atoms with E-state index in [1.807, 2.05) is 31.4 Å². The number of halogens is 1. The molecule has 2 rings (SSSR count).